The Labute approximate surface area is 146 Å². The molecule has 6 nitrogen and oxygen atoms in total. The van der Waals surface area contributed by atoms with Crippen molar-refractivity contribution in [3.63, 3.8) is 0 Å². The van der Waals surface area contributed by atoms with Crippen molar-refractivity contribution < 1.29 is 45.8 Å². The van der Waals surface area contributed by atoms with Gasteiger partial charge in [-0.15, -0.1) is 10.1 Å². The number of rotatable bonds is 4. The van der Waals surface area contributed by atoms with Crippen LogP contribution < -0.4 is 4.74 Å². The highest BCUT2D eigenvalue weighted by Gasteiger charge is 2.45. The molecule has 0 N–H and O–H groups in total. The lowest BCUT2D eigenvalue weighted by Crippen LogP contribution is -2.17. The number of halogens is 6. The lowest BCUT2D eigenvalue weighted by atomic mass is 10.1. The van der Waals surface area contributed by atoms with Gasteiger partial charge in [0.05, 0.1) is 5.56 Å². The fraction of sp³-hybridized carbons (Fsp3) is 0.133. The molecule has 0 bridgehead atoms. The first-order valence-corrected chi connectivity index (χ1v) is 6.81. The van der Waals surface area contributed by atoms with E-state index in [-0.39, 0.29) is 6.07 Å². The van der Waals surface area contributed by atoms with Gasteiger partial charge in [-0.1, -0.05) is 12.1 Å². The lowest BCUT2D eigenvalue weighted by molar-refractivity contribution is -0.727. The van der Waals surface area contributed by atoms with Gasteiger partial charge >= 0.3 is 23.4 Å². The van der Waals surface area contributed by atoms with E-state index in [1.165, 1.54) is 0 Å². The van der Waals surface area contributed by atoms with Crippen LogP contribution in [-0.2, 0) is 17.2 Å². The van der Waals surface area contributed by atoms with Gasteiger partial charge in [0.15, 0.2) is 0 Å². The third kappa shape index (κ3) is 4.86. The SMILES string of the molecule is O=C(O[N+](=O)[O-])c1cccc(Oc2cccc(C(F)(F)F)c2C(F)(F)F)c1. The molecule has 0 fully saturated rings. The van der Waals surface area contributed by atoms with Gasteiger partial charge in [-0.3, -0.25) is 4.79 Å². The second-order valence-electron chi connectivity index (χ2n) is 4.91. The lowest BCUT2D eigenvalue weighted by Gasteiger charge is -2.19. The minimum Gasteiger partial charge on any atom is -0.457 e. The Morgan fingerprint density at radius 3 is 2.15 bits per heavy atom. The van der Waals surface area contributed by atoms with Crippen LogP contribution in [0.5, 0.6) is 11.5 Å². The van der Waals surface area contributed by atoms with Gasteiger partial charge in [0.1, 0.15) is 17.1 Å². The van der Waals surface area contributed by atoms with Gasteiger partial charge in [0, 0.05) is 5.56 Å². The molecule has 0 saturated heterocycles. The smallest absolute Gasteiger partial charge is 0.420 e. The van der Waals surface area contributed by atoms with E-state index < -0.39 is 51.6 Å². The van der Waals surface area contributed by atoms with Crippen molar-refractivity contribution >= 4 is 5.97 Å². The molecular weight excluding hydrogens is 388 g/mol. The molecular formula is C15H7F6NO5. The molecule has 27 heavy (non-hydrogen) atoms. The van der Waals surface area contributed by atoms with Crippen LogP contribution >= 0.6 is 0 Å². The standard InChI is InChI=1S/C15H7F6NO5/c16-14(17,18)10-5-2-6-11(12(10)15(19,20)21)26-9-4-1-3-8(7-9)13(23)27-22(24)25/h1-7H. The van der Waals surface area contributed by atoms with Crippen molar-refractivity contribution in [3.8, 4) is 11.5 Å². The molecule has 0 radical (unpaired) electrons. The number of hydrogen-bond donors (Lipinski definition) is 0. The average molecular weight is 395 g/mol. The summed E-state index contributed by atoms with van der Waals surface area (Å²) in [7, 11) is 0. The summed E-state index contributed by atoms with van der Waals surface area (Å²) in [6.45, 7) is 0. The van der Waals surface area contributed by atoms with Crippen LogP contribution in [0.2, 0.25) is 0 Å². The van der Waals surface area contributed by atoms with E-state index in [9.17, 15) is 41.3 Å². The summed E-state index contributed by atoms with van der Waals surface area (Å²) in [5.74, 6) is -3.06. The Balaban J connectivity index is 2.47. The molecule has 0 aromatic heterocycles. The highest BCUT2D eigenvalue weighted by Crippen LogP contribution is 2.45. The second-order valence-corrected chi connectivity index (χ2v) is 4.91. The average Bonchev–Trinajstić information content (AvgIpc) is 2.52. The van der Waals surface area contributed by atoms with E-state index in [1.807, 2.05) is 0 Å². The molecule has 0 spiro atoms. The van der Waals surface area contributed by atoms with Gasteiger partial charge in [0.25, 0.3) is 0 Å². The van der Waals surface area contributed by atoms with Gasteiger partial charge in [-0.25, -0.2) is 4.84 Å². The molecule has 12 heteroatoms. The fourth-order valence-corrected chi connectivity index (χ4v) is 2.08. The molecule has 2 aromatic rings. The van der Waals surface area contributed by atoms with Gasteiger partial charge in [-0.2, -0.15) is 26.3 Å². The zero-order chi connectivity index (χ0) is 20.4. The maximum Gasteiger partial charge on any atom is 0.420 e. The number of carbonyl (C=O) groups excluding carboxylic acids is 1. The molecule has 0 aliphatic heterocycles. The third-order valence-electron chi connectivity index (χ3n) is 3.07. The maximum absolute atomic E-state index is 13.2. The number of ether oxygens (including phenoxy) is 1. The summed E-state index contributed by atoms with van der Waals surface area (Å²) >= 11 is 0. The first-order valence-electron chi connectivity index (χ1n) is 6.81. The predicted molar refractivity (Wildman–Crippen MR) is 75.4 cm³/mol. The molecule has 144 valence electrons. The summed E-state index contributed by atoms with van der Waals surface area (Å²) < 4.78 is 83.1. The first-order chi connectivity index (χ1) is 12.4. The summed E-state index contributed by atoms with van der Waals surface area (Å²) in [5.41, 5.74) is -4.45. The van der Waals surface area contributed by atoms with Crippen LogP contribution in [0.3, 0.4) is 0 Å². The second kappa shape index (κ2) is 7.13. The monoisotopic (exact) mass is 395 g/mol. The highest BCUT2D eigenvalue weighted by atomic mass is 19.4. The topological polar surface area (TPSA) is 78.7 Å². The molecule has 2 rings (SSSR count). The van der Waals surface area contributed by atoms with E-state index in [0.717, 1.165) is 30.3 Å². The zero-order valence-corrected chi connectivity index (χ0v) is 12.8. The minimum atomic E-state index is -5.39. The van der Waals surface area contributed by atoms with Crippen LogP contribution in [-0.4, -0.2) is 11.1 Å². The van der Waals surface area contributed by atoms with Crippen LogP contribution in [0, 0.1) is 10.1 Å². The molecule has 0 saturated carbocycles. The number of alkyl halides is 6. The minimum absolute atomic E-state index is 0.251. The first kappa shape index (κ1) is 20.0. The summed E-state index contributed by atoms with van der Waals surface area (Å²) in [6, 6.07) is 5.59. The van der Waals surface area contributed by atoms with Crippen molar-refractivity contribution in [2.45, 2.75) is 12.4 Å². The Kier molecular flexibility index (Phi) is 5.28. The number of benzene rings is 2. The Morgan fingerprint density at radius 2 is 1.59 bits per heavy atom. The Hall–Kier alpha value is -3.31. The van der Waals surface area contributed by atoms with E-state index in [2.05, 4.69) is 4.84 Å². The fourth-order valence-electron chi connectivity index (χ4n) is 2.08. The van der Waals surface area contributed by atoms with Crippen LogP contribution in [0.15, 0.2) is 42.5 Å². The summed E-state index contributed by atoms with van der Waals surface area (Å²) in [6.07, 6.45) is -10.7. The molecule has 0 aliphatic carbocycles. The predicted octanol–water partition coefficient (Wildman–Crippen LogP) is 4.87. The number of hydrogen-bond acceptors (Lipinski definition) is 5. The third-order valence-corrected chi connectivity index (χ3v) is 3.07. The van der Waals surface area contributed by atoms with Gasteiger partial charge in [0.2, 0.25) is 0 Å². The van der Waals surface area contributed by atoms with Crippen molar-refractivity contribution in [3.05, 3.63) is 69.3 Å². The zero-order valence-electron chi connectivity index (χ0n) is 12.8. The van der Waals surface area contributed by atoms with Crippen LogP contribution in [0.1, 0.15) is 21.5 Å². The molecule has 2 aromatic carbocycles. The number of carbonyl (C=O) groups is 1. The van der Waals surface area contributed by atoms with Crippen molar-refractivity contribution in [1.82, 2.24) is 0 Å². The number of nitrogens with zero attached hydrogens (tertiary/aromatic N) is 1. The molecule has 0 unspecified atom stereocenters. The van der Waals surface area contributed by atoms with E-state index in [4.69, 9.17) is 4.74 Å². The van der Waals surface area contributed by atoms with Crippen molar-refractivity contribution in [2.24, 2.45) is 0 Å². The maximum atomic E-state index is 13.2. The Morgan fingerprint density at radius 1 is 0.963 bits per heavy atom. The van der Waals surface area contributed by atoms with Crippen molar-refractivity contribution in [1.29, 1.82) is 0 Å². The molecule has 0 aliphatic rings. The van der Waals surface area contributed by atoms with Crippen molar-refractivity contribution in [2.75, 3.05) is 0 Å². The summed E-state index contributed by atoms with van der Waals surface area (Å²) in [4.78, 5) is 25.3. The van der Waals surface area contributed by atoms with E-state index in [1.54, 1.807) is 0 Å². The van der Waals surface area contributed by atoms with E-state index >= 15 is 0 Å². The molecule has 0 heterocycles. The molecule has 0 atom stereocenters. The van der Waals surface area contributed by atoms with Gasteiger partial charge in [-0.05, 0) is 30.3 Å². The Bertz CT molecular complexity index is 878. The van der Waals surface area contributed by atoms with E-state index in [0.29, 0.717) is 6.07 Å². The van der Waals surface area contributed by atoms with Gasteiger partial charge < -0.3 is 4.74 Å². The quantitative estimate of drug-likeness (QED) is 0.420. The highest BCUT2D eigenvalue weighted by molar-refractivity contribution is 5.89. The van der Waals surface area contributed by atoms with Crippen LogP contribution in [0.25, 0.3) is 0 Å². The van der Waals surface area contributed by atoms with Crippen LogP contribution in [0.4, 0.5) is 26.3 Å². The summed E-state index contributed by atoms with van der Waals surface area (Å²) in [5, 5.41) is 8.75. The molecule has 0 amide bonds. The largest absolute Gasteiger partial charge is 0.457 e. The normalized spacial score (nSPS) is 11.8.